The third-order valence-corrected chi connectivity index (χ3v) is 5.11. The molecule has 1 atom stereocenters. The highest BCUT2D eigenvalue weighted by atomic mass is 16.6. The molecule has 7 nitrogen and oxygen atoms in total. The van der Waals surface area contributed by atoms with Crippen molar-refractivity contribution in [3.63, 3.8) is 0 Å². The molecule has 0 saturated carbocycles. The number of aryl methyl sites for hydroxylation is 1. The van der Waals surface area contributed by atoms with Crippen molar-refractivity contribution in [1.29, 1.82) is 0 Å². The number of pyridine rings is 1. The first kappa shape index (κ1) is 22.0. The van der Waals surface area contributed by atoms with Crippen molar-refractivity contribution >= 4 is 12.1 Å². The molecule has 0 aliphatic carbocycles. The fourth-order valence-corrected chi connectivity index (χ4v) is 3.41. The van der Waals surface area contributed by atoms with Gasteiger partial charge in [0, 0.05) is 19.2 Å². The van der Waals surface area contributed by atoms with Crippen LogP contribution in [0.2, 0.25) is 0 Å². The second kappa shape index (κ2) is 9.26. The van der Waals surface area contributed by atoms with Gasteiger partial charge in [-0.3, -0.25) is 0 Å². The number of carbonyl (C=O) groups is 2. The van der Waals surface area contributed by atoms with E-state index in [2.05, 4.69) is 11.9 Å². The van der Waals surface area contributed by atoms with Gasteiger partial charge in [-0.05, 0) is 64.9 Å². The van der Waals surface area contributed by atoms with Crippen LogP contribution in [0.15, 0.2) is 12.1 Å². The van der Waals surface area contributed by atoms with E-state index in [1.54, 1.807) is 17.9 Å². The van der Waals surface area contributed by atoms with Crippen LogP contribution in [0.1, 0.15) is 63.0 Å². The fraction of sp³-hybridized carbons (Fsp3) is 0.667. The normalized spacial score (nSPS) is 16.5. The summed E-state index contributed by atoms with van der Waals surface area (Å²) >= 11 is 0. The van der Waals surface area contributed by atoms with E-state index in [0.717, 1.165) is 32.4 Å². The van der Waals surface area contributed by atoms with Gasteiger partial charge in [0.2, 0.25) is 5.88 Å². The quantitative estimate of drug-likeness (QED) is 0.783. The standard InChI is InChI=1S/C21H32N2O5/c1-14(10-13-27-18-7-6-17(19(24)25)15(2)22-18)16-8-11-23(12-9-16)20(26)28-21(3,4)5/h6-7,14,16H,8-13H2,1-5H3,(H,24,25)/t14-/m1/s1. The smallest absolute Gasteiger partial charge is 0.410 e. The number of likely N-dealkylation sites (tertiary alicyclic amines) is 1. The molecule has 0 spiro atoms. The molecular formula is C21H32N2O5. The zero-order chi connectivity index (χ0) is 20.9. The monoisotopic (exact) mass is 392 g/mol. The summed E-state index contributed by atoms with van der Waals surface area (Å²) in [5, 5.41) is 9.04. The fourth-order valence-electron chi connectivity index (χ4n) is 3.41. The first-order valence-electron chi connectivity index (χ1n) is 9.88. The highest BCUT2D eigenvalue weighted by molar-refractivity contribution is 5.88. The first-order valence-corrected chi connectivity index (χ1v) is 9.88. The number of carboxylic acids is 1. The molecule has 0 aromatic carbocycles. The second-order valence-electron chi connectivity index (χ2n) is 8.51. The Balaban J connectivity index is 1.74. The zero-order valence-electron chi connectivity index (χ0n) is 17.5. The Kier molecular flexibility index (Phi) is 7.27. The Labute approximate surface area is 167 Å². The van der Waals surface area contributed by atoms with Crippen molar-refractivity contribution < 1.29 is 24.2 Å². The van der Waals surface area contributed by atoms with Gasteiger partial charge in [0.15, 0.2) is 0 Å². The molecule has 1 fully saturated rings. The summed E-state index contributed by atoms with van der Waals surface area (Å²) in [6, 6.07) is 3.12. The molecular weight excluding hydrogens is 360 g/mol. The molecule has 1 aliphatic rings. The second-order valence-corrected chi connectivity index (χ2v) is 8.51. The zero-order valence-corrected chi connectivity index (χ0v) is 17.5. The van der Waals surface area contributed by atoms with E-state index >= 15 is 0 Å². The van der Waals surface area contributed by atoms with Gasteiger partial charge >= 0.3 is 12.1 Å². The van der Waals surface area contributed by atoms with E-state index in [1.165, 1.54) is 6.07 Å². The van der Waals surface area contributed by atoms with Crippen molar-refractivity contribution in [3.8, 4) is 5.88 Å². The SMILES string of the molecule is Cc1nc(OCC[C@@H](C)C2CCN(C(=O)OC(C)(C)C)CC2)ccc1C(=O)O. The molecule has 1 aromatic heterocycles. The van der Waals surface area contributed by atoms with Crippen LogP contribution in [-0.2, 0) is 4.74 Å². The maximum absolute atomic E-state index is 12.2. The van der Waals surface area contributed by atoms with Gasteiger partial charge in [-0.1, -0.05) is 6.92 Å². The number of amides is 1. The number of carboxylic acid groups (broad SMARTS) is 1. The number of rotatable bonds is 6. The van der Waals surface area contributed by atoms with E-state index in [1.807, 2.05) is 20.8 Å². The maximum Gasteiger partial charge on any atom is 0.410 e. The summed E-state index contributed by atoms with van der Waals surface area (Å²) in [7, 11) is 0. The van der Waals surface area contributed by atoms with Crippen molar-refractivity contribution in [2.75, 3.05) is 19.7 Å². The number of carbonyl (C=O) groups excluding carboxylic acids is 1. The lowest BCUT2D eigenvalue weighted by atomic mass is 9.84. The van der Waals surface area contributed by atoms with Crippen molar-refractivity contribution in [2.45, 2.75) is 59.5 Å². The van der Waals surface area contributed by atoms with E-state index in [-0.39, 0.29) is 11.7 Å². The summed E-state index contributed by atoms with van der Waals surface area (Å²) in [5.41, 5.74) is 0.179. The van der Waals surface area contributed by atoms with Gasteiger partial charge in [0.05, 0.1) is 17.9 Å². The third kappa shape index (κ3) is 6.39. The summed E-state index contributed by atoms with van der Waals surface area (Å²) in [6.45, 7) is 11.5. The molecule has 2 rings (SSSR count). The van der Waals surface area contributed by atoms with E-state index in [4.69, 9.17) is 14.6 Å². The molecule has 1 amide bonds. The van der Waals surface area contributed by atoms with E-state index in [0.29, 0.717) is 30.0 Å². The first-order chi connectivity index (χ1) is 13.1. The third-order valence-electron chi connectivity index (χ3n) is 5.11. The lowest BCUT2D eigenvalue weighted by Crippen LogP contribution is -2.42. The lowest BCUT2D eigenvalue weighted by Gasteiger charge is -2.35. The largest absolute Gasteiger partial charge is 0.478 e. The lowest BCUT2D eigenvalue weighted by molar-refractivity contribution is 0.0157. The van der Waals surface area contributed by atoms with Crippen molar-refractivity contribution in [1.82, 2.24) is 9.88 Å². The van der Waals surface area contributed by atoms with E-state index in [9.17, 15) is 9.59 Å². The minimum absolute atomic E-state index is 0.192. The average molecular weight is 392 g/mol. The van der Waals surface area contributed by atoms with Crippen molar-refractivity contribution in [3.05, 3.63) is 23.4 Å². The average Bonchev–Trinajstić information content (AvgIpc) is 2.60. The number of piperidine rings is 1. The predicted octanol–water partition coefficient (Wildman–Crippen LogP) is 4.14. The molecule has 7 heteroatoms. The van der Waals surface area contributed by atoms with E-state index < -0.39 is 11.6 Å². The van der Waals surface area contributed by atoms with Crippen LogP contribution >= 0.6 is 0 Å². The molecule has 28 heavy (non-hydrogen) atoms. The Morgan fingerprint density at radius 1 is 1.29 bits per heavy atom. The highest BCUT2D eigenvalue weighted by Gasteiger charge is 2.29. The van der Waals surface area contributed by atoms with Crippen LogP contribution in [0.25, 0.3) is 0 Å². The van der Waals surface area contributed by atoms with Crippen LogP contribution in [0, 0.1) is 18.8 Å². The molecule has 0 bridgehead atoms. The van der Waals surface area contributed by atoms with Gasteiger partial charge < -0.3 is 19.5 Å². The van der Waals surface area contributed by atoms with Crippen LogP contribution in [0.5, 0.6) is 5.88 Å². The van der Waals surface area contributed by atoms with Crippen LogP contribution in [0.4, 0.5) is 4.79 Å². The molecule has 1 saturated heterocycles. The molecule has 1 aromatic rings. The number of ether oxygens (including phenoxy) is 2. The summed E-state index contributed by atoms with van der Waals surface area (Å²) < 4.78 is 11.2. The Morgan fingerprint density at radius 3 is 2.46 bits per heavy atom. The number of aromatic carboxylic acids is 1. The summed E-state index contributed by atoms with van der Waals surface area (Å²) in [5.74, 6) is 0.490. The Bertz CT molecular complexity index is 691. The highest BCUT2D eigenvalue weighted by Crippen LogP contribution is 2.28. The number of nitrogens with zero attached hydrogens (tertiary/aromatic N) is 2. The van der Waals surface area contributed by atoms with Gasteiger partial charge in [0.25, 0.3) is 0 Å². The van der Waals surface area contributed by atoms with Crippen LogP contribution < -0.4 is 4.74 Å². The van der Waals surface area contributed by atoms with Crippen molar-refractivity contribution in [2.24, 2.45) is 11.8 Å². The molecule has 1 aliphatic heterocycles. The Morgan fingerprint density at radius 2 is 1.93 bits per heavy atom. The molecule has 2 heterocycles. The van der Waals surface area contributed by atoms with Crippen LogP contribution in [-0.4, -0.2) is 52.4 Å². The number of hydrogen-bond acceptors (Lipinski definition) is 5. The van der Waals surface area contributed by atoms with Gasteiger partial charge in [-0.15, -0.1) is 0 Å². The molecule has 0 radical (unpaired) electrons. The molecule has 0 unspecified atom stereocenters. The minimum atomic E-state index is -0.983. The summed E-state index contributed by atoms with van der Waals surface area (Å²) in [6.07, 6.45) is 2.59. The predicted molar refractivity (Wildman–Crippen MR) is 106 cm³/mol. The Hall–Kier alpha value is -2.31. The van der Waals surface area contributed by atoms with Gasteiger partial charge in [-0.25, -0.2) is 14.6 Å². The topological polar surface area (TPSA) is 89.0 Å². The maximum atomic E-state index is 12.2. The van der Waals surface area contributed by atoms with Gasteiger partial charge in [-0.2, -0.15) is 0 Å². The molecule has 1 N–H and O–H groups in total. The number of hydrogen-bond donors (Lipinski definition) is 1. The van der Waals surface area contributed by atoms with Gasteiger partial charge in [0.1, 0.15) is 5.60 Å². The minimum Gasteiger partial charge on any atom is -0.478 e. The van der Waals surface area contributed by atoms with Crippen LogP contribution in [0.3, 0.4) is 0 Å². The summed E-state index contributed by atoms with van der Waals surface area (Å²) in [4.78, 5) is 29.2. The number of aromatic nitrogens is 1. The molecule has 156 valence electrons.